The highest BCUT2D eigenvalue weighted by Crippen LogP contribution is 2.31. The molecule has 0 spiro atoms. The zero-order chi connectivity index (χ0) is 38.1. The molecule has 2 aromatic rings. The van der Waals surface area contributed by atoms with Crippen molar-refractivity contribution in [3.05, 3.63) is 59.1 Å². The van der Waals surface area contributed by atoms with Gasteiger partial charge in [0.2, 0.25) is 21.7 Å². The Kier molecular flexibility index (Phi) is 14.3. The first-order valence-electron chi connectivity index (χ1n) is 18.5. The largest absolute Gasteiger partial charge is 0.377 e. The minimum Gasteiger partial charge on any atom is -0.377 e. The molecular formula is C37H52ClN7O7S. The minimum atomic E-state index is -4.11. The third-order valence-electron chi connectivity index (χ3n) is 10.3. The number of nitrogens with one attached hydrogen (secondary N) is 5. The number of Topliss-reactive ketones (excluding diaryl/α,β-unsaturated/α-hetero) is 1. The summed E-state index contributed by atoms with van der Waals surface area (Å²) in [7, 11) is -2.64. The quantitative estimate of drug-likeness (QED) is 0.139. The number of halogens is 1. The topological polar surface area (TPSA) is 189 Å². The van der Waals surface area contributed by atoms with E-state index in [4.69, 9.17) is 11.6 Å². The van der Waals surface area contributed by atoms with Crippen molar-refractivity contribution in [2.75, 3.05) is 32.0 Å². The molecule has 3 fully saturated rings. The molecule has 2 aliphatic carbocycles. The van der Waals surface area contributed by atoms with Gasteiger partial charge in [-0.05, 0) is 80.0 Å². The van der Waals surface area contributed by atoms with E-state index in [2.05, 4.69) is 26.0 Å². The van der Waals surface area contributed by atoms with Gasteiger partial charge in [0.05, 0.1) is 17.0 Å². The van der Waals surface area contributed by atoms with Crippen LogP contribution in [0.3, 0.4) is 0 Å². The number of aliphatic hydroxyl groups excluding tert-OH is 1. The highest BCUT2D eigenvalue weighted by molar-refractivity contribution is 7.89. The Hall–Kier alpha value is -3.60. The van der Waals surface area contributed by atoms with Crippen LogP contribution in [-0.4, -0.2) is 104 Å². The van der Waals surface area contributed by atoms with Gasteiger partial charge in [-0.3, -0.25) is 24.2 Å². The second-order valence-corrected chi connectivity index (χ2v) is 16.4. The average molecular weight is 774 g/mol. The number of rotatable bonds is 16. The lowest BCUT2D eigenvalue weighted by atomic mass is 9.83. The predicted octanol–water partition coefficient (Wildman–Crippen LogP) is 2.96. The van der Waals surface area contributed by atoms with Gasteiger partial charge in [-0.1, -0.05) is 56.3 Å². The van der Waals surface area contributed by atoms with Gasteiger partial charge < -0.3 is 26.4 Å². The first-order valence-corrected chi connectivity index (χ1v) is 20.4. The molecule has 14 nitrogen and oxygen atoms in total. The Labute approximate surface area is 316 Å². The van der Waals surface area contributed by atoms with E-state index in [0.29, 0.717) is 36.8 Å². The number of hydrogen-bond acceptors (Lipinski definition) is 9. The van der Waals surface area contributed by atoms with Crippen LogP contribution in [0.15, 0.2) is 53.4 Å². The van der Waals surface area contributed by atoms with Crippen LogP contribution in [0, 0.1) is 5.92 Å². The van der Waals surface area contributed by atoms with Crippen LogP contribution in [0.2, 0.25) is 5.02 Å². The predicted molar refractivity (Wildman–Crippen MR) is 201 cm³/mol. The molecule has 1 heterocycles. The molecule has 6 N–H and O–H groups in total. The molecule has 1 saturated heterocycles. The summed E-state index contributed by atoms with van der Waals surface area (Å²) in [5.41, 5.74) is 1.33. The number of benzene rings is 2. The molecule has 1 aliphatic heterocycles. The van der Waals surface area contributed by atoms with Gasteiger partial charge in [-0.15, -0.1) is 0 Å². The van der Waals surface area contributed by atoms with E-state index in [0.717, 1.165) is 50.5 Å². The molecule has 53 heavy (non-hydrogen) atoms. The Morgan fingerprint density at radius 2 is 1.62 bits per heavy atom. The number of piperazine rings is 1. The normalized spacial score (nSPS) is 20.5. The van der Waals surface area contributed by atoms with Crippen LogP contribution in [0.5, 0.6) is 0 Å². The van der Waals surface area contributed by atoms with E-state index >= 15 is 0 Å². The highest BCUT2D eigenvalue weighted by atomic mass is 35.5. The number of amides is 4. The van der Waals surface area contributed by atoms with Crippen LogP contribution in [0.25, 0.3) is 0 Å². The van der Waals surface area contributed by atoms with Crippen molar-refractivity contribution in [3.8, 4) is 0 Å². The fourth-order valence-electron chi connectivity index (χ4n) is 7.09. The van der Waals surface area contributed by atoms with Crippen molar-refractivity contribution >= 4 is 50.9 Å². The molecule has 4 amide bonds. The third kappa shape index (κ3) is 11.2. The number of sulfonamides is 1. The molecule has 0 bridgehead atoms. The summed E-state index contributed by atoms with van der Waals surface area (Å²) in [5.74, 6) is -2.00. The lowest BCUT2D eigenvalue weighted by Crippen LogP contribution is -2.65. The van der Waals surface area contributed by atoms with Crippen LogP contribution in [-0.2, 0) is 31.0 Å². The summed E-state index contributed by atoms with van der Waals surface area (Å²) < 4.78 is 30.4. The van der Waals surface area contributed by atoms with Gasteiger partial charge in [0.15, 0.2) is 0 Å². The van der Waals surface area contributed by atoms with Crippen LogP contribution >= 0.6 is 11.6 Å². The number of carbonyl (C=O) groups is 4. The number of ketones is 1. The van der Waals surface area contributed by atoms with E-state index in [1.807, 2.05) is 24.0 Å². The summed E-state index contributed by atoms with van der Waals surface area (Å²) in [4.78, 5) is 55.5. The van der Waals surface area contributed by atoms with Crippen LogP contribution < -0.4 is 26.0 Å². The van der Waals surface area contributed by atoms with E-state index in [1.54, 1.807) is 17.0 Å². The second kappa shape index (κ2) is 18.6. The van der Waals surface area contributed by atoms with Crippen molar-refractivity contribution in [2.24, 2.45) is 5.92 Å². The van der Waals surface area contributed by atoms with E-state index < -0.39 is 58.0 Å². The molecule has 5 rings (SSSR count). The van der Waals surface area contributed by atoms with Crippen LogP contribution in [0.1, 0.15) is 70.3 Å². The summed E-state index contributed by atoms with van der Waals surface area (Å²) >= 11 is 6.13. The fourth-order valence-corrected chi connectivity index (χ4v) is 8.52. The smallest absolute Gasteiger partial charge is 0.318 e. The van der Waals surface area contributed by atoms with Gasteiger partial charge in [0, 0.05) is 50.0 Å². The molecule has 2 saturated carbocycles. The number of aliphatic hydroxyl groups is 1. The fraction of sp³-hybridized carbons (Fsp3) is 0.568. The van der Waals surface area contributed by atoms with Gasteiger partial charge >= 0.3 is 6.03 Å². The molecule has 3 aliphatic rings. The van der Waals surface area contributed by atoms with Crippen molar-refractivity contribution in [3.63, 3.8) is 0 Å². The van der Waals surface area contributed by atoms with Crippen molar-refractivity contribution in [2.45, 2.75) is 107 Å². The Morgan fingerprint density at radius 3 is 2.25 bits per heavy atom. The zero-order valence-electron chi connectivity index (χ0n) is 30.4. The van der Waals surface area contributed by atoms with E-state index in [9.17, 15) is 32.7 Å². The maximum absolute atomic E-state index is 14.2. The molecule has 1 unspecified atom stereocenters. The minimum absolute atomic E-state index is 0.00684. The molecule has 4 atom stereocenters. The molecule has 16 heteroatoms. The molecule has 0 aromatic heterocycles. The summed E-state index contributed by atoms with van der Waals surface area (Å²) in [6.45, 7) is 3.00. The average Bonchev–Trinajstić information content (AvgIpc) is 3.98. The Bertz CT molecular complexity index is 1690. The van der Waals surface area contributed by atoms with Crippen LogP contribution in [0.4, 0.5) is 10.5 Å². The van der Waals surface area contributed by atoms with Crippen molar-refractivity contribution < 1.29 is 32.7 Å². The number of carbonyl (C=O) groups excluding carboxylic acids is 4. The summed E-state index contributed by atoms with van der Waals surface area (Å²) in [6, 6.07) is 9.89. The number of urea groups is 1. The highest BCUT2D eigenvalue weighted by Gasteiger charge is 2.42. The van der Waals surface area contributed by atoms with E-state index in [1.165, 1.54) is 31.3 Å². The van der Waals surface area contributed by atoms with E-state index in [-0.39, 0.29) is 29.8 Å². The van der Waals surface area contributed by atoms with Gasteiger partial charge in [0.25, 0.3) is 5.91 Å². The Morgan fingerprint density at radius 1 is 0.943 bits per heavy atom. The summed E-state index contributed by atoms with van der Waals surface area (Å²) in [5, 5.41) is 23.3. The van der Waals surface area contributed by atoms with Gasteiger partial charge in [0.1, 0.15) is 12.3 Å². The standard InChI is InChI=1S/C37H52ClN7O7S/c1-3-7-30(33(46)35(48)40-27-14-15-27)42-34(47)31-23-45(21-20-44(31)22-24-10-12-26(38)13-11-24)36(49)32(25-8-5-4-6-9-25)43-53(51,52)29-18-16-28(17-19-29)41-37(50)39-2/h10-13,16-19,25,27,30-32,36,43,49H,3-9,14-15,20-23H2,1-2H3,(H,40,48)(H,42,47)(H2,39,41,50)/t30-,31+,32-,36?/m0/s1. The number of nitrogens with zero attached hydrogens (tertiary/aromatic N) is 2. The maximum Gasteiger partial charge on any atom is 0.318 e. The summed E-state index contributed by atoms with van der Waals surface area (Å²) in [6.07, 6.45) is 5.50. The van der Waals surface area contributed by atoms with Crippen molar-refractivity contribution in [1.29, 1.82) is 0 Å². The first-order chi connectivity index (χ1) is 25.4. The molecule has 290 valence electrons. The van der Waals surface area contributed by atoms with Crippen molar-refractivity contribution in [1.82, 2.24) is 30.5 Å². The number of anilines is 1. The molecule has 0 radical (unpaired) electrons. The SMILES string of the molecule is CCC[C@H](NC(=O)[C@H]1CN(C(O)[C@@H](NS(=O)(=O)c2ccc(NC(=O)NC)cc2)C2CCCCC2)CCN1Cc1ccc(Cl)cc1)C(=O)C(=O)NC1CC1. The lowest BCUT2D eigenvalue weighted by Gasteiger charge is -2.45. The third-order valence-corrected chi connectivity index (χ3v) is 12.0. The monoisotopic (exact) mass is 773 g/mol. The molecule has 2 aromatic carbocycles. The lowest BCUT2D eigenvalue weighted by molar-refractivity contribution is -0.142. The zero-order valence-corrected chi connectivity index (χ0v) is 31.9. The maximum atomic E-state index is 14.2. The Balaban J connectivity index is 1.37. The number of hydrogen-bond donors (Lipinski definition) is 6. The van der Waals surface area contributed by atoms with Gasteiger partial charge in [-0.25, -0.2) is 17.9 Å². The first kappa shape index (κ1) is 40.6. The second-order valence-electron chi connectivity index (χ2n) is 14.3. The molecular weight excluding hydrogens is 722 g/mol. The van der Waals surface area contributed by atoms with Gasteiger partial charge in [-0.2, -0.15) is 0 Å².